The van der Waals surface area contributed by atoms with Gasteiger partial charge in [-0.05, 0) is 19.1 Å². The van der Waals surface area contributed by atoms with Crippen molar-refractivity contribution in [3.63, 3.8) is 0 Å². The van der Waals surface area contributed by atoms with Gasteiger partial charge in [0.1, 0.15) is 11.8 Å². The number of carbonyl (C=O) groups excluding carboxylic acids is 2. The Balaban J connectivity index is 1.82. The van der Waals surface area contributed by atoms with Crippen LogP contribution in [0.4, 0.5) is 0 Å². The Morgan fingerprint density at radius 2 is 1.74 bits per heavy atom. The molecule has 5 heteroatoms. The minimum Gasteiger partial charge on any atom is -0.481 e. The quantitative estimate of drug-likeness (QED) is 0.605. The molecule has 0 aliphatic rings. The maximum absolute atomic E-state index is 11.9. The molecule has 116 valence electrons. The van der Waals surface area contributed by atoms with E-state index in [1.54, 1.807) is 36.4 Å². The highest BCUT2D eigenvalue weighted by atomic mass is 16.6. The SMILES string of the molecule is Cc1ccc(C(=O)COC(=O)COc2ccccc2C#N)cc1. The van der Waals surface area contributed by atoms with Gasteiger partial charge in [-0.1, -0.05) is 42.0 Å². The predicted octanol–water partition coefficient (Wildman–Crippen LogP) is 2.67. The molecule has 0 aliphatic carbocycles. The van der Waals surface area contributed by atoms with Crippen LogP contribution in [-0.4, -0.2) is 25.0 Å². The molecule has 5 nitrogen and oxygen atoms in total. The molecule has 23 heavy (non-hydrogen) atoms. The maximum atomic E-state index is 11.9. The standard InChI is InChI=1S/C18H15NO4/c1-13-6-8-14(9-7-13)16(20)11-23-18(21)12-22-17-5-3-2-4-15(17)10-19/h2-9H,11-12H2,1H3. The number of ketones is 1. The number of hydrogen-bond donors (Lipinski definition) is 0. The maximum Gasteiger partial charge on any atom is 0.344 e. The lowest BCUT2D eigenvalue weighted by Gasteiger charge is -2.08. The van der Waals surface area contributed by atoms with E-state index >= 15 is 0 Å². The van der Waals surface area contributed by atoms with Gasteiger partial charge in [0.2, 0.25) is 0 Å². The minimum atomic E-state index is -0.668. The van der Waals surface area contributed by atoms with Crippen LogP contribution in [0.15, 0.2) is 48.5 Å². The molecule has 0 saturated carbocycles. The third-order valence-corrected chi connectivity index (χ3v) is 3.09. The first kappa shape index (κ1) is 16.2. The lowest BCUT2D eigenvalue weighted by Crippen LogP contribution is -2.19. The van der Waals surface area contributed by atoms with Crippen LogP contribution in [0, 0.1) is 18.3 Å². The number of nitriles is 1. The molecule has 0 atom stereocenters. The summed E-state index contributed by atoms with van der Waals surface area (Å²) in [6.07, 6.45) is 0. The number of ether oxygens (including phenoxy) is 2. The lowest BCUT2D eigenvalue weighted by atomic mass is 10.1. The molecule has 0 radical (unpaired) electrons. The highest BCUT2D eigenvalue weighted by Crippen LogP contribution is 2.16. The molecule has 0 spiro atoms. The Kier molecular flexibility index (Phi) is 5.48. The van der Waals surface area contributed by atoms with Crippen LogP contribution in [0.25, 0.3) is 0 Å². The molecule has 0 amide bonds. The number of benzene rings is 2. The van der Waals surface area contributed by atoms with Crippen molar-refractivity contribution in [3.8, 4) is 11.8 Å². The number of hydrogen-bond acceptors (Lipinski definition) is 5. The smallest absolute Gasteiger partial charge is 0.344 e. The highest BCUT2D eigenvalue weighted by Gasteiger charge is 2.11. The summed E-state index contributed by atoms with van der Waals surface area (Å²) in [7, 11) is 0. The van der Waals surface area contributed by atoms with Crippen LogP contribution < -0.4 is 4.74 Å². The van der Waals surface area contributed by atoms with E-state index < -0.39 is 5.97 Å². The normalized spacial score (nSPS) is 9.74. The number of esters is 1. The summed E-state index contributed by atoms with van der Waals surface area (Å²) in [5.74, 6) is -0.647. The van der Waals surface area contributed by atoms with Gasteiger partial charge >= 0.3 is 5.97 Å². The Bertz CT molecular complexity index is 744. The molecule has 2 rings (SSSR count). The number of Topliss-reactive ketones (excluding diaryl/α,β-unsaturated/α-hetero) is 1. The third-order valence-electron chi connectivity index (χ3n) is 3.09. The number of nitrogens with zero attached hydrogens (tertiary/aromatic N) is 1. The molecule has 2 aromatic rings. The second kappa shape index (κ2) is 7.76. The van der Waals surface area contributed by atoms with Crippen LogP contribution in [0.5, 0.6) is 5.75 Å². The van der Waals surface area contributed by atoms with E-state index in [1.807, 2.05) is 25.1 Å². The fraction of sp³-hybridized carbons (Fsp3) is 0.167. The Morgan fingerprint density at radius 3 is 2.43 bits per heavy atom. The molecule has 0 aromatic heterocycles. The van der Waals surface area contributed by atoms with Crippen molar-refractivity contribution in [1.29, 1.82) is 5.26 Å². The van der Waals surface area contributed by atoms with E-state index in [1.165, 1.54) is 0 Å². The first-order valence-electron chi connectivity index (χ1n) is 6.97. The van der Waals surface area contributed by atoms with Crippen LogP contribution in [-0.2, 0) is 9.53 Å². The van der Waals surface area contributed by atoms with Gasteiger partial charge < -0.3 is 9.47 Å². The van der Waals surface area contributed by atoms with E-state index in [9.17, 15) is 9.59 Å². The van der Waals surface area contributed by atoms with E-state index in [4.69, 9.17) is 14.7 Å². The van der Waals surface area contributed by atoms with Gasteiger partial charge in [0.25, 0.3) is 0 Å². The fourth-order valence-corrected chi connectivity index (χ4v) is 1.83. The second-order valence-electron chi connectivity index (χ2n) is 4.85. The average Bonchev–Trinajstić information content (AvgIpc) is 2.58. The van der Waals surface area contributed by atoms with Gasteiger partial charge in [0.05, 0.1) is 5.56 Å². The Labute approximate surface area is 134 Å². The van der Waals surface area contributed by atoms with Gasteiger partial charge in [-0.25, -0.2) is 4.79 Å². The van der Waals surface area contributed by atoms with Crippen LogP contribution >= 0.6 is 0 Å². The fourth-order valence-electron chi connectivity index (χ4n) is 1.83. The summed E-state index contributed by atoms with van der Waals surface area (Å²) in [5, 5.41) is 8.91. The number of aryl methyl sites for hydroxylation is 1. The summed E-state index contributed by atoms with van der Waals surface area (Å²) < 4.78 is 10.1. The number of carbonyl (C=O) groups is 2. The van der Waals surface area contributed by atoms with Gasteiger partial charge in [-0.2, -0.15) is 5.26 Å². The van der Waals surface area contributed by atoms with Crippen molar-refractivity contribution in [3.05, 3.63) is 65.2 Å². The molecule has 2 aromatic carbocycles. The predicted molar refractivity (Wildman–Crippen MR) is 83.1 cm³/mol. The van der Waals surface area contributed by atoms with Gasteiger partial charge in [0.15, 0.2) is 19.0 Å². The van der Waals surface area contributed by atoms with Gasteiger partial charge in [-0.15, -0.1) is 0 Å². The van der Waals surface area contributed by atoms with Crippen molar-refractivity contribution < 1.29 is 19.1 Å². The summed E-state index contributed by atoms with van der Waals surface area (Å²) in [6.45, 7) is 1.22. The van der Waals surface area contributed by atoms with E-state index in [-0.39, 0.29) is 19.0 Å². The average molecular weight is 309 g/mol. The molecule has 0 bridgehead atoms. The zero-order valence-corrected chi connectivity index (χ0v) is 12.6. The van der Waals surface area contributed by atoms with Crippen LogP contribution in [0.1, 0.15) is 21.5 Å². The van der Waals surface area contributed by atoms with Crippen LogP contribution in [0.2, 0.25) is 0 Å². The van der Waals surface area contributed by atoms with E-state index in [2.05, 4.69) is 0 Å². The first-order valence-corrected chi connectivity index (χ1v) is 6.97. The van der Waals surface area contributed by atoms with Crippen molar-refractivity contribution in [1.82, 2.24) is 0 Å². The zero-order valence-electron chi connectivity index (χ0n) is 12.6. The van der Waals surface area contributed by atoms with Crippen molar-refractivity contribution in [2.24, 2.45) is 0 Å². The second-order valence-corrected chi connectivity index (χ2v) is 4.85. The summed E-state index contributed by atoms with van der Waals surface area (Å²) >= 11 is 0. The van der Waals surface area contributed by atoms with Gasteiger partial charge in [0, 0.05) is 5.56 Å². The van der Waals surface area contributed by atoms with Crippen molar-refractivity contribution in [2.45, 2.75) is 6.92 Å². The largest absolute Gasteiger partial charge is 0.481 e. The minimum absolute atomic E-state index is 0.282. The molecule has 0 fully saturated rings. The zero-order chi connectivity index (χ0) is 16.7. The molecular weight excluding hydrogens is 294 g/mol. The Hall–Kier alpha value is -3.13. The van der Waals surface area contributed by atoms with Gasteiger partial charge in [-0.3, -0.25) is 4.79 Å². The first-order chi connectivity index (χ1) is 11.1. The van der Waals surface area contributed by atoms with Crippen molar-refractivity contribution >= 4 is 11.8 Å². The summed E-state index contributed by atoms with van der Waals surface area (Å²) in [5.41, 5.74) is 1.86. The topological polar surface area (TPSA) is 76.4 Å². The molecule has 0 N–H and O–H groups in total. The van der Waals surface area contributed by atoms with E-state index in [0.29, 0.717) is 16.9 Å². The number of para-hydroxylation sites is 1. The van der Waals surface area contributed by atoms with Crippen LogP contribution in [0.3, 0.4) is 0 Å². The molecule has 0 unspecified atom stereocenters. The lowest BCUT2D eigenvalue weighted by molar-refractivity contribution is -0.144. The highest BCUT2D eigenvalue weighted by molar-refractivity contribution is 5.98. The summed E-state index contributed by atoms with van der Waals surface area (Å²) in [4.78, 5) is 23.5. The molecular formula is C18H15NO4. The monoisotopic (exact) mass is 309 g/mol. The third kappa shape index (κ3) is 4.68. The number of rotatable bonds is 6. The Morgan fingerprint density at radius 1 is 1.04 bits per heavy atom. The van der Waals surface area contributed by atoms with Crippen molar-refractivity contribution in [2.75, 3.05) is 13.2 Å². The summed E-state index contributed by atoms with van der Waals surface area (Å²) in [6, 6.07) is 15.5. The molecule has 0 saturated heterocycles. The molecule has 0 heterocycles. The van der Waals surface area contributed by atoms with E-state index in [0.717, 1.165) is 5.56 Å². The molecule has 0 aliphatic heterocycles.